The number of carbonyl (C=O) groups excluding carboxylic acids is 2. The van der Waals surface area contributed by atoms with Gasteiger partial charge in [0.15, 0.2) is 0 Å². The Bertz CT molecular complexity index is 561. The lowest BCUT2D eigenvalue weighted by Crippen LogP contribution is -2.23. The fourth-order valence-corrected chi connectivity index (χ4v) is 3.86. The SMILES string of the molecule is CCCCCCCCc1ccc(C(CC)C2C(=O)OC(=O)C2C)cc1. The Morgan fingerprint density at radius 1 is 0.920 bits per heavy atom. The van der Waals surface area contributed by atoms with Crippen molar-refractivity contribution in [1.82, 2.24) is 0 Å². The average molecular weight is 344 g/mol. The van der Waals surface area contributed by atoms with Crippen molar-refractivity contribution in [2.45, 2.75) is 78.1 Å². The van der Waals surface area contributed by atoms with Gasteiger partial charge < -0.3 is 4.74 Å². The van der Waals surface area contributed by atoms with E-state index < -0.39 is 0 Å². The van der Waals surface area contributed by atoms with Crippen molar-refractivity contribution in [2.75, 3.05) is 0 Å². The lowest BCUT2D eigenvalue weighted by molar-refractivity contribution is -0.153. The van der Waals surface area contributed by atoms with Crippen molar-refractivity contribution in [3.63, 3.8) is 0 Å². The molecule has 0 aromatic heterocycles. The van der Waals surface area contributed by atoms with Crippen LogP contribution in [0.4, 0.5) is 0 Å². The number of benzene rings is 1. The molecule has 0 N–H and O–H groups in total. The van der Waals surface area contributed by atoms with Crippen molar-refractivity contribution in [2.24, 2.45) is 11.8 Å². The first kappa shape index (κ1) is 19.7. The number of hydrogen-bond acceptors (Lipinski definition) is 3. The van der Waals surface area contributed by atoms with Gasteiger partial charge in [-0.3, -0.25) is 9.59 Å². The lowest BCUT2D eigenvalue weighted by Gasteiger charge is -2.22. The first-order chi connectivity index (χ1) is 12.1. The molecule has 3 heteroatoms. The Morgan fingerprint density at radius 2 is 1.56 bits per heavy atom. The summed E-state index contributed by atoms with van der Waals surface area (Å²) in [5.41, 5.74) is 2.49. The second kappa shape index (κ2) is 9.74. The van der Waals surface area contributed by atoms with Gasteiger partial charge in [0.25, 0.3) is 0 Å². The van der Waals surface area contributed by atoms with Crippen molar-refractivity contribution >= 4 is 11.9 Å². The minimum Gasteiger partial charge on any atom is -0.393 e. The van der Waals surface area contributed by atoms with Crippen molar-refractivity contribution < 1.29 is 14.3 Å². The molecule has 3 nitrogen and oxygen atoms in total. The third-order valence-corrected chi connectivity index (χ3v) is 5.48. The van der Waals surface area contributed by atoms with Crippen LogP contribution in [0.1, 0.15) is 82.8 Å². The van der Waals surface area contributed by atoms with Gasteiger partial charge in [-0.15, -0.1) is 0 Å². The zero-order valence-electron chi connectivity index (χ0n) is 15.9. The van der Waals surface area contributed by atoms with Crippen LogP contribution in [0.3, 0.4) is 0 Å². The lowest BCUT2D eigenvalue weighted by atomic mass is 9.78. The van der Waals surface area contributed by atoms with Crippen molar-refractivity contribution in [3.05, 3.63) is 35.4 Å². The summed E-state index contributed by atoms with van der Waals surface area (Å²) in [6, 6.07) is 8.61. The minimum absolute atomic E-state index is 0.0528. The van der Waals surface area contributed by atoms with Gasteiger partial charge in [0.1, 0.15) is 0 Å². The first-order valence-corrected chi connectivity index (χ1v) is 9.92. The molecule has 3 unspecified atom stereocenters. The highest BCUT2D eigenvalue weighted by Gasteiger charge is 2.45. The molecule has 1 aliphatic rings. The molecule has 1 aromatic rings. The molecule has 1 fully saturated rings. The van der Waals surface area contributed by atoms with E-state index in [4.69, 9.17) is 4.74 Å². The molecule has 0 saturated carbocycles. The minimum atomic E-state index is -0.381. The summed E-state index contributed by atoms with van der Waals surface area (Å²) in [5.74, 6) is -1.38. The van der Waals surface area contributed by atoms with Crippen molar-refractivity contribution in [3.8, 4) is 0 Å². The maximum Gasteiger partial charge on any atom is 0.318 e. The predicted molar refractivity (Wildman–Crippen MR) is 100 cm³/mol. The van der Waals surface area contributed by atoms with E-state index in [1.807, 2.05) is 0 Å². The molecule has 1 aromatic carbocycles. The van der Waals surface area contributed by atoms with Crippen LogP contribution in [0.15, 0.2) is 24.3 Å². The quantitative estimate of drug-likeness (QED) is 0.323. The fourth-order valence-electron chi connectivity index (χ4n) is 3.86. The largest absolute Gasteiger partial charge is 0.393 e. The van der Waals surface area contributed by atoms with Crippen molar-refractivity contribution in [1.29, 1.82) is 0 Å². The van der Waals surface area contributed by atoms with Gasteiger partial charge in [-0.25, -0.2) is 0 Å². The summed E-state index contributed by atoms with van der Waals surface area (Å²) in [7, 11) is 0. The van der Waals surface area contributed by atoms with Crippen LogP contribution in [0.5, 0.6) is 0 Å². The van der Waals surface area contributed by atoms with E-state index in [9.17, 15) is 9.59 Å². The molecule has 0 amide bonds. The van der Waals surface area contributed by atoms with Crippen LogP contribution >= 0.6 is 0 Å². The van der Waals surface area contributed by atoms with E-state index in [0.29, 0.717) is 0 Å². The molecule has 1 heterocycles. The average Bonchev–Trinajstić information content (AvgIpc) is 2.86. The monoisotopic (exact) mass is 344 g/mol. The number of ether oxygens (including phenoxy) is 1. The Balaban J connectivity index is 1.91. The highest BCUT2D eigenvalue weighted by atomic mass is 16.6. The van der Waals surface area contributed by atoms with Crippen LogP contribution in [-0.2, 0) is 20.7 Å². The summed E-state index contributed by atoms with van der Waals surface area (Å²) in [4.78, 5) is 23.7. The number of carbonyl (C=O) groups is 2. The number of rotatable bonds is 10. The van der Waals surface area contributed by atoms with E-state index in [0.717, 1.165) is 18.4 Å². The maximum absolute atomic E-state index is 12.0. The molecule has 0 spiro atoms. The summed E-state index contributed by atoms with van der Waals surface area (Å²) >= 11 is 0. The predicted octanol–water partition coefficient (Wildman–Crippen LogP) is 5.42. The van der Waals surface area contributed by atoms with Gasteiger partial charge >= 0.3 is 11.9 Å². The third kappa shape index (κ3) is 5.17. The Labute approximate surface area is 152 Å². The van der Waals surface area contributed by atoms with Gasteiger partial charge in [0, 0.05) is 0 Å². The fraction of sp³-hybridized carbons (Fsp3) is 0.636. The summed E-state index contributed by atoms with van der Waals surface area (Å²) in [6.45, 7) is 6.11. The molecular weight excluding hydrogens is 312 g/mol. The summed E-state index contributed by atoms with van der Waals surface area (Å²) in [6.07, 6.45) is 9.79. The number of esters is 2. The van der Waals surface area contributed by atoms with Crippen LogP contribution in [0.25, 0.3) is 0 Å². The number of hydrogen-bond donors (Lipinski definition) is 0. The number of aryl methyl sites for hydroxylation is 1. The molecule has 1 aliphatic heterocycles. The van der Waals surface area contributed by atoms with E-state index >= 15 is 0 Å². The Hall–Kier alpha value is -1.64. The molecule has 0 radical (unpaired) electrons. The molecule has 138 valence electrons. The highest BCUT2D eigenvalue weighted by Crippen LogP contribution is 2.38. The van der Waals surface area contributed by atoms with Gasteiger partial charge in [-0.2, -0.15) is 0 Å². The standard InChI is InChI=1S/C22H32O3/c1-4-6-7-8-9-10-11-17-12-14-18(15-13-17)19(5-2)20-16(3)21(23)25-22(20)24/h12-16,19-20H,4-11H2,1-3H3. The first-order valence-electron chi connectivity index (χ1n) is 9.92. The summed E-state index contributed by atoms with van der Waals surface area (Å²) < 4.78 is 4.83. The Morgan fingerprint density at radius 3 is 2.12 bits per heavy atom. The molecule has 25 heavy (non-hydrogen) atoms. The molecule has 2 rings (SSSR count). The maximum atomic E-state index is 12.0. The molecule has 0 aliphatic carbocycles. The smallest absolute Gasteiger partial charge is 0.318 e. The number of unbranched alkanes of at least 4 members (excludes halogenated alkanes) is 5. The van der Waals surface area contributed by atoms with E-state index in [-0.39, 0.29) is 29.7 Å². The topological polar surface area (TPSA) is 43.4 Å². The van der Waals surface area contributed by atoms with E-state index in [2.05, 4.69) is 38.1 Å². The molecule has 3 atom stereocenters. The third-order valence-electron chi connectivity index (χ3n) is 5.48. The number of cyclic esters (lactones) is 2. The van der Waals surface area contributed by atoms with E-state index in [1.54, 1.807) is 6.92 Å². The zero-order valence-corrected chi connectivity index (χ0v) is 15.9. The second-order valence-electron chi connectivity index (χ2n) is 7.33. The van der Waals surface area contributed by atoms with Gasteiger partial charge in [0.2, 0.25) is 0 Å². The van der Waals surface area contributed by atoms with Gasteiger partial charge in [-0.05, 0) is 36.3 Å². The van der Waals surface area contributed by atoms with Crippen LogP contribution in [-0.4, -0.2) is 11.9 Å². The van der Waals surface area contributed by atoms with Gasteiger partial charge in [0.05, 0.1) is 11.8 Å². The summed E-state index contributed by atoms with van der Waals surface area (Å²) in [5, 5.41) is 0. The second-order valence-corrected chi connectivity index (χ2v) is 7.33. The van der Waals surface area contributed by atoms with Crippen LogP contribution < -0.4 is 0 Å². The highest BCUT2D eigenvalue weighted by molar-refractivity contribution is 5.96. The zero-order chi connectivity index (χ0) is 18.2. The van der Waals surface area contributed by atoms with Gasteiger partial charge in [-0.1, -0.05) is 77.1 Å². The molecule has 0 bridgehead atoms. The molecular formula is C22H32O3. The van der Waals surface area contributed by atoms with E-state index in [1.165, 1.54) is 44.1 Å². The van der Waals surface area contributed by atoms with Crippen LogP contribution in [0.2, 0.25) is 0 Å². The normalized spacial score (nSPS) is 21.4. The Kier molecular flexibility index (Phi) is 7.67. The van der Waals surface area contributed by atoms with Crippen LogP contribution in [0, 0.1) is 11.8 Å². The molecule has 1 saturated heterocycles.